The molecule has 3 rings (SSSR count). The molecule has 0 radical (unpaired) electrons. The van der Waals surface area contributed by atoms with Crippen molar-refractivity contribution in [1.82, 2.24) is 14.4 Å². The van der Waals surface area contributed by atoms with Gasteiger partial charge in [-0.05, 0) is 25.5 Å². The van der Waals surface area contributed by atoms with E-state index in [4.69, 9.17) is 14.2 Å². The van der Waals surface area contributed by atoms with Crippen LogP contribution in [-0.4, -0.2) is 41.2 Å². The standard InChI is InChI=1S/C20H23FN4O4/c1-5-15-17(19(26)29-6-2)25-11-14(21)18(24-20(25)23-15)22-10-12-7-8-13(27-3)9-16(12)28-4/h7-9,11H,5-6,10H2,1-4H3,(H,22,23,24). The van der Waals surface area contributed by atoms with Gasteiger partial charge in [-0.3, -0.25) is 4.40 Å². The van der Waals surface area contributed by atoms with Crippen molar-refractivity contribution >= 4 is 17.6 Å². The number of aromatic nitrogens is 3. The van der Waals surface area contributed by atoms with Crippen LogP contribution in [0.3, 0.4) is 0 Å². The quantitative estimate of drug-likeness (QED) is 0.579. The molecule has 0 aliphatic rings. The number of carbonyl (C=O) groups is 1. The first-order valence-electron chi connectivity index (χ1n) is 9.21. The molecule has 1 aromatic carbocycles. The number of hydrogen-bond donors (Lipinski definition) is 1. The van der Waals surface area contributed by atoms with Crippen LogP contribution >= 0.6 is 0 Å². The summed E-state index contributed by atoms with van der Waals surface area (Å²) in [5.74, 6) is 0.343. The number of imidazole rings is 1. The van der Waals surface area contributed by atoms with Crippen molar-refractivity contribution < 1.29 is 23.4 Å². The van der Waals surface area contributed by atoms with Gasteiger partial charge in [0.05, 0.1) is 32.7 Å². The molecule has 0 aliphatic carbocycles. The molecule has 3 aromatic rings. The summed E-state index contributed by atoms with van der Waals surface area (Å²) in [6, 6.07) is 5.36. The number of aryl methyl sites for hydroxylation is 1. The molecule has 0 atom stereocenters. The number of nitrogens with zero attached hydrogens (tertiary/aromatic N) is 3. The Balaban J connectivity index is 1.91. The fourth-order valence-corrected chi connectivity index (χ4v) is 2.96. The molecule has 8 nitrogen and oxygen atoms in total. The zero-order valence-electron chi connectivity index (χ0n) is 16.8. The number of benzene rings is 1. The molecule has 9 heteroatoms. The van der Waals surface area contributed by atoms with Gasteiger partial charge in [0.25, 0.3) is 0 Å². The van der Waals surface area contributed by atoms with Crippen LogP contribution < -0.4 is 14.8 Å². The molecule has 1 N–H and O–H groups in total. The van der Waals surface area contributed by atoms with Crippen LogP contribution in [-0.2, 0) is 17.7 Å². The highest BCUT2D eigenvalue weighted by Crippen LogP contribution is 2.26. The number of esters is 1. The van der Waals surface area contributed by atoms with Gasteiger partial charge in [0.2, 0.25) is 5.78 Å². The molecule has 29 heavy (non-hydrogen) atoms. The molecule has 0 spiro atoms. The molecule has 2 heterocycles. The van der Waals surface area contributed by atoms with Crippen LogP contribution in [0.1, 0.15) is 35.6 Å². The highest BCUT2D eigenvalue weighted by atomic mass is 19.1. The molecule has 2 aromatic heterocycles. The number of carbonyl (C=O) groups excluding carboxylic acids is 1. The molecule has 0 amide bonds. The largest absolute Gasteiger partial charge is 0.497 e. The molecule has 0 unspecified atom stereocenters. The van der Waals surface area contributed by atoms with Crippen molar-refractivity contribution in [2.24, 2.45) is 0 Å². The van der Waals surface area contributed by atoms with Gasteiger partial charge in [-0.1, -0.05) is 6.92 Å². The van der Waals surface area contributed by atoms with E-state index in [9.17, 15) is 9.18 Å². The summed E-state index contributed by atoms with van der Waals surface area (Å²) in [6.45, 7) is 4.06. The van der Waals surface area contributed by atoms with E-state index in [1.807, 2.05) is 13.0 Å². The first-order valence-corrected chi connectivity index (χ1v) is 9.21. The number of rotatable bonds is 8. The van der Waals surface area contributed by atoms with Gasteiger partial charge in [-0.25, -0.2) is 14.2 Å². The van der Waals surface area contributed by atoms with E-state index in [-0.39, 0.29) is 30.4 Å². The lowest BCUT2D eigenvalue weighted by atomic mass is 10.2. The Morgan fingerprint density at radius 3 is 2.66 bits per heavy atom. The minimum absolute atomic E-state index is 0.0263. The van der Waals surface area contributed by atoms with E-state index in [1.54, 1.807) is 33.3 Å². The lowest BCUT2D eigenvalue weighted by molar-refractivity contribution is 0.0517. The van der Waals surface area contributed by atoms with E-state index in [0.717, 1.165) is 5.56 Å². The number of hydrogen-bond acceptors (Lipinski definition) is 7. The number of ether oxygens (including phenoxy) is 3. The third-order valence-corrected chi connectivity index (χ3v) is 4.39. The van der Waals surface area contributed by atoms with Crippen molar-refractivity contribution in [2.45, 2.75) is 26.8 Å². The van der Waals surface area contributed by atoms with Gasteiger partial charge < -0.3 is 19.5 Å². The Labute approximate surface area is 167 Å². The van der Waals surface area contributed by atoms with Gasteiger partial charge in [-0.15, -0.1) is 0 Å². The van der Waals surface area contributed by atoms with Crippen LogP contribution in [0.5, 0.6) is 11.5 Å². The third kappa shape index (κ3) is 4.08. The smallest absolute Gasteiger partial charge is 0.357 e. The van der Waals surface area contributed by atoms with Crippen LogP contribution in [0.15, 0.2) is 24.4 Å². The van der Waals surface area contributed by atoms with Crippen molar-refractivity contribution in [3.05, 3.63) is 47.2 Å². The maximum atomic E-state index is 14.7. The Hall–Kier alpha value is -3.36. The van der Waals surface area contributed by atoms with Crippen LogP contribution in [0.4, 0.5) is 10.2 Å². The van der Waals surface area contributed by atoms with Crippen molar-refractivity contribution in [3.8, 4) is 11.5 Å². The highest BCUT2D eigenvalue weighted by Gasteiger charge is 2.22. The van der Waals surface area contributed by atoms with E-state index in [2.05, 4.69) is 15.3 Å². The fourth-order valence-electron chi connectivity index (χ4n) is 2.96. The number of anilines is 1. The van der Waals surface area contributed by atoms with Crippen molar-refractivity contribution in [2.75, 3.05) is 26.1 Å². The van der Waals surface area contributed by atoms with E-state index < -0.39 is 11.8 Å². The fraction of sp³-hybridized carbons (Fsp3) is 0.350. The summed E-state index contributed by atoms with van der Waals surface area (Å²) >= 11 is 0. The van der Waals surface area contributed by atoms with E-state index in [0.29, 0.717) is 23.6 Å². The molecular formula is C20H23FN4O4. The van der Waals surface area contributed by atoms with Gasteiger partial charge in [0.1, 0.15) is 11.5 Å². The summed E-state index contributed by atoms with van der Waals surface area (Å²) in [6.07, 6.45) is 1.68. The molecule has 0 aliphatic heterocycles. The maximum Gasteiger partial charge on any atom is 0.357 e. The minimum atomic E-state index is -0.615. The minimum Gasteiger partial charge on any atom is -0.497 e. The predicted octanol–water partition coefficient (Wildman–Crippen LogP) is 3.24. The second kappa shape index (κ2) is 8.76. The number of halogens is 1. The average molecular weight is 402 g/mol. The summed E-state index contributed by atoms with van der Waals surface area (Å²) in [4.78, 5) is 20.9. The molecule has 154 valence electrons. The maximum absolute atomic E-state index is 14.7. The zero-order valence-corrected chi connectivity index (χ0v) is 16.8. The van der Waals surface area contributed by atoms with Crippen molar-refractivity contribution in [1.29, 1.82) is 0 Å². The Kier molecular flexibility index (Phi) is 6.16. The van der Waals surface area contributed by atoms with Crippen molar-refractivity contribution in [3.63, 3.8) is 0 Å². The summed E-state index contributed by atoms with van der Waals surface area (Å²) in [5.41, 5.74) is 1.50. The average Bonchev–Trinajstić information content (AvgIpc) is 3.09. The topological polar surface area (TPSA) is 87.0 Å². The van der Waals surface area contributed by atoms with Crippen LogP contribution in [0, 0.1) is 5.82 Å². The first kappa shape index (κ1) is 20.4. The van der Waals surface area contributed by atoms with Gasteiger partial charge in [-0.2, -0.15) is 4.98 Å². The second-order valence-corrected chi connectivity index (χ2v) is 6.12. The van der Waals surface area contributed by atoms with E-state index in [1.165, 1.54) is 10.6 Å². The molecule has 0 bridgehead atoms. The SMILES string of the molecule is CCOC(=O)c1c(CC)nc2nc(NCc3ccc(OC)cc3OC)c(F)cn12. The molecule has 0 saturated heterocycles. The predicted molar refractivity (Wildman–Crippen MR) is 105 cm³/mol. The number of nitrogens with one attached hydrogen (secondary N) is 1. The lowest BCUT2D eigenvalue weighted by Crippen LogP contribution is -2.12. The van der Waals surface area contributed by atoms with E-state index >= 15 is 0 Å². The molecule has 0 fully saturated rings. The Morgan fingerprint density at radius 2 is 2.00 bits per heavy atom. The summed E-state index contributed by atoms with van der Waals surface area (Å²) in [7, 11) is 3.12. The lowest BCUT2D eigenvalue weighted by Gasteiger charge is -2.12. The molecule has 0 saturated carbocycles. The third-order valence-electron chi connectivity index (χ3n) is 4.39. The zero-order chi connectivity index (χ0) is 21.0. The molecular weight excluding hydrogens is 379 g/mol. The van der Waals surface area contributed by atoms with Crippen LogP contribution in [0.25, 0.3) is 5.78 Å². The van der Waals surface area contributed by atoms with Crippen LogP contribution in [0.2, 0.25) is 0 Å². The summed E-state index contributed by atoms with van der Waals surface area (Å²) < 4.78 is 31.6. The second-order valence-electron chi connectivity index (χ2n) is 6.12. The first-order chi connectivity index (χ1) is 14.0. The Morgan fingerprint density at radius 1 is 1.21 bits per heavy atom. The normalized spacial score (nSPS) is 10.8. The summed E-state index contributed by atoms with van der Waals surface area (Å²) in [5, 5.41) is 2.96. The van der Waals surface area contributed by atoms with Gasteiger partial charge in [0, 0.05) is 18.2 Å². The Bertz CT molecular complexity index is 1030. The van der Waals surface area contributed by atoms with Gasteiger partial charge >= 0.3 is 5.97 Å². The highest BCUT2D eigenvalue weighted by molar-refractivity contribution is 5.90. The number of methoxy groups -OCH3 is 2. The monoisotopic (exact) mass is 402 g/mol. The van der Waals surface area contributed by atoms with Gasteiger partial charge in [0.15, 0.2) is 17.3 Å². The number of fused-ring (bicyclic) bond motifs is 1.